The Balaban J connectivity index is 1.04. The van der Waals surface area contributed by atoms with Crippen molar-refractivity contribution < 1.29 is 22.0 Å². The molecule has 0 radical (unpaired) electrons. The number of thiophene rings is 1. The molecule has 3 heterocycles. The molecule has 0 aliphatic rings. The summed E-state index contributed by atoms with van der Waals surface area (Å²) < 4.78 is 81.3. The molecule has 0 fully saturated rings. The van der Waals surface area contributed by atoms with Crippen LogP contribution >= 0.6 is 11.3 Å². The lowest BCUT2D eigenvalue weighted by molar-refractivity contribution is 0.381. The van der Waals surface area contributed by atoms with Gasteiger partial charge in [-0.1, -0.05) is 133 Å². The molecule has 2 nitrogen and oxygen atoms in total. The molecule has 0 N–H and O–H groups in total. The number of nitrogens with zero attached hydrogens (tertiary/aromatic N) is 2. The van der Waals surface area contributed by atoms with Gasteiger partial charge in [-0.3, -0.25) is 0 Å². The number of rotatable bonds is 6. The predicted octanol–water partition coefficient (Wildman–Crippen LogP) is 17.6. The minimum Gasteiger partial charge on any atom is -0.309 e. The topological polar surface area (TPSA) is 9.86 Å². The normalized spacial score (nSPS) is 11.9. The molecule has 3 aromatic heterocycles. The summed E-state index contributed by atoms with van der Waals surface area (Å²) in [5.74, 6) is -9.94. The Morgan fingerprint density at radius 2 is 0.735 bits per heavy atom. The van der Waals surface area contributed by atoms with E-state index in [1.807, 2.05) is 66.7 Å². The fourth-order valence-corrected chi connectivity index (χ4v) is 11.4. The van der Waals surface area contributed by atoms with E-state index < -0.39 is 34.6 Å². The van der Waals surface area contributed by atoms with Crippen LogP contribution in [0.2, 0.25) is 0 Å². The molecule has 0 aliphatic carbocycles. The molecule has 13 rings (SSSR count). The van der Waals surface area contributed by atoms with Crippen molar-refractivity contribution in [2.24, 2.45) is 0 Å². The maximum atomic E-state index is 15.4. The van der Waals surface area contributed by atoms with Gasteiger partial charge < -0.3 is 9.13 Å². The van der Waals surface area contributed by atoms with Crippen LogP contribution in [0.25, 0.3) is 120 Å². The Kier molecular flexibility index (Phi) is 9.04. The van der Waals surface area contributed by atoms with Gasteiger partial charge in [0.05, 0.1) is 32.3 Å². The Morgan fingerprint density at radius 1 is 0.294 bits per heavy atom. The van der Waals surface area contributed by atoms with E-state index in [4.69, 9.17) is 0 Å². The molecule has 0 spiro atoms. The zero-order valence-corrected chi connectivity index (χ0v) is 36.6. The highest BCUT2D eigenvalue weighted by atomic mass is 32.1. The smallest absolute Gasteiger partial charge is 0.200 e. The molecule has 0 aliphatic heterocycles. The zero-order chi connectivity index (χ0) is 45.8. The zero-order valence-electron chi connectivity index (χ0n) is 35.7. The van der Waals surface area contributed by atoms with Crippen molar-refractivity contribution in [2.45, 2.75) is 0 Å². The van der Waals surface area contributed by atoms with Crippen molar-refractivity contribution in [3.8, 4) is 55.9 Å². The van der Waals surface area contributed by atoms with E-state index in [9.17, 15) is 13.2 Å². The quantitative estimate of drug-likeness (QED) is 0.0894. The summed E-state index contributed by atoms with van der Waals surface area (Å²) in [6.07, 6.45) is 0. The van der Waals surface area contributed by atoms with Crippen molar-refractivity contribution in [1.82, 2.24) is 9.13 Å². The van der Waals surface area contributed by atoms with Gasteiger partial charge in [-0.2, -0.15) is 0 Å². The van der Waals surface area contributed by atoms with Crippen LogP contribution in [-0.4, -0.2) is 9.13 Å². The second-order valence-electron chi connectivity index (χ2n) is 17.1. The van der Waals surface area contributed by atoms with E-state index in [-0.39, 0.29) is 5.56 Å². The average molecular weight is 909 g/mol. The fraction of sp³-hybridized carbons (Fsp3) is 0. The maximum absolute atomic E-state index is 15.4. The summed E-state index contributed by atoms with van der Waals surface area (Å²) in [6, 6.07) is 67.3. The van der Waals surface area contributed by atoms with E-state index >= 15 is 8.78 Å². The molecule has 68 heavy (non-hydrogen) atoms. The van der Waals surface area contributed by atoms with Crippen LogP contribution in [0.5, 0.6) is 0 Å². The van der Waals surface area contributed by atoms with E-state index in [1.165, 1.54) is 32.3 Å². The number of halogens is 5. The third kappa shape index (κ3) is 6.07. The van der Waals surface area contributed by atoms with Gasteiger partial charge in [0, 0.05) is 48.4 Å². The predicted molar refractivity (Wildman–Crippen MR) is 270 cm³/mol. The minimum atomic E-state index is -2.20. The van der Waals surface area contributed by atoms with Gasteiger partial charge in [0.2, 0.25) is 5.82 Å². The number of fused-ring (bicyclic) bond motifs is 10. The number of hydrogen-bond acceptors (Lipinski definition) is 1. The summed E-state index contributed by atoms with van der Waals surface area (Å²) in [6.45, 7) is 0. The largest absolute Gasteiger partial charge is 0.309 e. The molecular formula is C60H33F5N2S. The molecule has 0 bridgehead atoms. The van der Waals surface area contributed by atoms with Gasteiger partial charge in [-0.15, -0.1) is 11.3 Å². The summed E-state index contributed by atoms with van der Waals surface area (Å²) in [5.41, 5.74) is 10.5. The van der Waals surface area contributed by atoms with Crippen molar-refractivity contribution in [1.29, 1.82) is 0 Å². The highest BCUT2D eigenvalue weighted by Crippen LogP contribution is 2.45. The fourth-order valence-electron chi connectivity index (χ4n) is 10.1. The third-order valence-electron chi connectivity index (χ3n) is 13.3. The molecule has 8 heteroatoms. The van der Waals surface area contributed by atoms with Gasteiger partial charge in [-0.25, -0.2) is 22.0 Å². The van der Waals surface area contributed by atoms with Crippen molar-refractivity contribution in [2.75, 3.05) is 0 Å². The summed E-state index contributed by atoms with van der Waals surface area (Å²) in [7, 11) is 0. The minimum absolute atomic E-state index is 0.133. The molecule has 10 aromatic carbocycles. The van der Waals surface area contributed by atoms with Gasteiger partial charge in [0.15, 0.2) is 23.3 Å². The monoisotopic (exact) mass is 908 g/mol. The average Bonchev–Trinajstić information content (AvgIpc) is 4.05. The van der Waals surface area contributed by atoms with Gasteiger partial charge in [0.1, 0.15) is 0 Å². The summed E-state index contributed by atoms with van der Waals surface area (Å²) >= 11 is 1.79. The van der Waals surface area contributed by atoms with Crippen molar-refractivity contribution >= 4 is 75.1 Å². The van der Waals surface area contributed by atoms with Crippen molar-refractivity contribution in [3.63, 3.8) is 0 Å². The number of benzene rings is 10. The van der Waals surface area contributed by atoms with Crippen LogP contribution in [0, 0.1) is 29.1 Å². The lowest BCUT2D eigenvalue weighted by atomic mass is 9.98. The first kappa shape index (κ1) is 40.0. The van der Waals surface area contributed by atoms with Crippen LogP contribution in [0.4, 0.5) is 22.0 Å². The van der Waals surface area contributed by atoms with Crippen LogP contribution in [0.15, 0.2) is 200 Å². The molecule has 0 amide bonds. The van der Waals surface area contributed by atoms with Crippen LogP contribution in [0.1, 0.15) is 0 Å². The molecule has 324 valence electrons. The lowest BCUT2D eigenvalue weighted by Gasteiger charge is -2.12. The Hall–Kier alpha value is -8.33. The third-order valence-corrected chi connectivity index (χ3v) is 14.5. The van der Waals surface area contributed by atoms with Gasteiger partial charge in [-0.05, 0) is 106 Å². The molecule has 13 aromatic rings. The standard InChI is InChI=1S/C60H33F5N2S/c61-54-53(55(62)57(64)58(65)56(54)63)40-23-28-50-48(33-40)47-32-39(21-26-49(47)66(50)41-17-9-15-36(29-41)34-11-3-1-4-12-34)38-22-27-51-46(31-38)44-24-25-45-43-19-7-8-20-52(43)68-60(45)59(44)67(51)42-18-10-16-37(30-42)35-13-5-2-6-14-35/h1-33H. The van der Waals surface area contributed by atoms with E-state index in [1.54, 1.807) is 17.4 Å². The first-order valence-corrected chi connectivity index (χ1v) is 22.9. The molecule has 0 atom stereocenters. The number of hydrogen-bond donors (Lipinski definition) is 0. The molecule has 0 saturated heterocycles. The SMILES string of the molecule is Fc1c(F)c(F)c(-c2ccc3c(c2)c2cc(-c4ccc5c(c4)c4ccc6c7ccccc7sc6c4n5-c4cccc(-c5ccccc5)c4)ccc2n3-c2cccc(-c3ccccc3)c2)c(F)c1F. The first-order chi connectivity index (χ1) is 33.3. The Bertz CT molecular complexity index is 4180. The van der Waals surface area contributed by atoms with E-state index in [0.717, 1.165) is 77.5 Å². The Labute approximate surface area is 389 Å². The Morgan fingerprint density at radius 3 is 1.34 bits per heavy atom. The first-order valence-electron chi connectivity index (χ1n) is 22.1. The molecular weight excluding hydrogens is 876 g/mol. The second-order valence-corrected chi connectivity index (χ2v) is 18.1. The van der Waals surface area contributed by atoms with Gasteiger partial charge >= 0.3 is 0 Å². The van der Waals surface area contributed by atoms with Crippen LogP contribution in [-0.2, 0) is 0 Å². The molecule has 0 unspecified atom stereocenters. The molecule has 0 saturated carbocycles. The van der Waals surface area contributed by atoms with E-state index in [2.05, 4.69) is 124 Å². The summed E-state index contributed by atoms with van der Waals surface area (Å²) in [5, 5.41) is 5.90. The van der Waals surface area contributed by atoms with Crippen LogP contribution < -0.4 is 0 Å². The van der Waals surface area contributed by atoms with Crippen LogP contribution in [0.3, 0.4) is 0 Å². The lowest BCUT2D eigenvalue weighted by Crippen LogP contribution is -2.04. The van der Waals surface area contributed by atoms with E-state index in [0.29, 0.717) is 10.9 Å². The second kappa shape index (κ2) is 15.4. The highest BCUT2D eigenvalue weighted by Gasteiger charge is 2.28. The summed E-state index contributed by atoms with van der Waals surface area (Å²) in [4.78, 5) is 0. The number of aromatic nitrogens is 2. The maximum Gasteiger partial charge on any atom is 0.200 e. The highest BCUT2D eigenvalue weighted by molar-refractivity contribution is 7.26. The van der Waals surface area contributed by atoms with Gasteiger partial charge in [0.25, 0.3) is 0 Å². The van der Waals surface area contributed by atoms with Crippen molar-refractivity contribution in [3.05, 3.63) is 229 Å².